The van der Waals surface area contributed by atoms with Gasteiger partial charge in [-0.05, 0) is 37.3 Å². The molecule has 0 saturated carbocycles. The predicted molar refractivity (Wildman–Crippen MR) is 104 cm³/mol. The number of hydrogen-bond acceptors (Lipinski definition) is 3. The molecule has 3 N–H and O–H groups in total. The van der Waals surface area contributed by atoms with Crippen LogP contribution in [0.5, 0.6) is 0 Å². The van der Waals surface area contributed by atoms with Crippen LogP contribution in [-0.4, -0.2) is 28.4 Å². The Labute approximate surface area is 155 Å². The van der Waals surface area contributed by atoms with Gasteiger partial charge in [-0.15, -0.1) is 0 Å². The van der Waals surface area contributed by atoms with Gasteiger partial charge in [0, 0.05) is 36.6 Å². The summed E-state index contributed by atoms with van der Waals surface area (Å²) in [5, 5.41) is 14.0. The first kappa shape index (κ1) is 18.3. The van der Waals surface area contributed by atoms with E-state index in [9.17, 15) is 4.79 Å². The average molecular weight is 355 g/mol. The van der Waals surface area contributed by atoms with Crippen LogP contribution in [-0.2, 0) is 13.5 Å². The molecule has 2 amide bonds. The highest BCUT2D eigenvalue weighted by Gasteiger charge is 2.25. The van der Waals surface area contributed by atoms with Gasteiger partial charge in [0.2, 0.25) is 0 Å². The van der Waals surface area contributed by atoms with Crippen molar-refractivity contribution in [3.05, 3.63) is 47.8 Å². The second-order valence-electron chi connectivity index (χ2n) is 7.33. The summed E-state index contributed by atoms with van der Waals surface area (Å²) in [6.07, 6.45) is 4.94. The molecule has 6 heteroatoms. The number of nitrogens with one attached hydrogen (secondary N) is 3. The Kier molecular flexibility index (Phi) is 5.81. The van der Waals surface area contributed by atoms with Crippen molar-refractivity contribution >= 4 is 11.7 Å². The fourth-order valence-corrected chi connectivity index (χ4v) is 3.47. The Morgan fingerprint density at radius 1 is 1.31 bits per heavy atom. The molecule has 1 heterocycles. The molecule has 26 heavy (non-hydrogen) atoms. The van der Waals surface area contributed by atoms with Gasteiger partial charge in [-0.1, -0.05) is 32.0 Å². The van der Waals surface area contributed by atoms with Crippen LogP contribution >= 0.6 is 0 Å². The van der Waals surface area contributed by atoms with Crippen molar-refractivity contribution in [3.63, 3.8) is 0 Å². The molecule has 0 spiro atoms. The molecule has 0 bridgehead atoms. The van der Waals surface area contributed by atoms with E-state index >= 15 is 0 Å². The first-order valence-corrected chi connectivity index (χ1v) is 9.41. The lowest BCUT2D eigenvalue weighted by Gasteiger charge is -2.26. The lowest BCUT2D eigenvalue weighted by Crippen LogP contribution is -2.45. The van der Waals surface area contributed by atoms with Crippen LogP contribution in [0.2, 0.25) is 0 Å². The summed E-state index contributed by atoms with van der Waals surface area (Å²) in [4.78, 5) is 12.4. The number of carbonyl (C=O) groups excluding carboxylic acids is 1. The topological polar surface area (TPSA) is 71.0 Å². The largest absolute Gasteiger partial charge is 0.380 e. The number of aromatic nitrogens is 2. The van der Waals surface area contributed by atoms with E-state index in [4.69, 9.17) is 0 Å². The van der Waals surface area contributed by atoms with Crippen molar-refractivity contribution in [3.8, 4) is 0 Å². The maximum Gasteiger partial charge on any atom is 0.315 e. The Bertz CT molecular complexity index is 725. The lowest BCUT2D eigenvalue weighted by atomic mass is 9.93. The molecule has 0 unspecified atom stereocenters. The Morgan fingerprint density at radius 3 is 2.81 bits per heavy atom. The van der Waals surface area contributed by atoms with Crippen molar-refractivity contribution in [1.82, 2.24) is 20.4 Å². The molecule has 1 aliphatic carbocycles. The zero-order valence-corrected chi connectivity index (χ0v) is 15.8. The molecule has 0 aliphatic heterocycles. The second-order valence-corrected chi connectivity index (χ2v) is 7.33. The standard InChI is InChI=1S/C20H29N5O/c1-14(2)18(23-15-8-5-4-6-9-15)13-21-20(26)24-17-10-7-11-19-16(17)12-22-25(19)3/h4-6,8-9,12,14,17-18,23H,7,10-11,13H2,1-3H3,(H2,21,24,26)/t17-,18+/m0/s1. The van der Waals surface area contributed by atoms with Crippen molar-refractivity contribution in [2.45, 2.75) is 45.2 Å². The number of hydrogen-bond donors (Lipinski definition) is 3. The highest BCUT2D eigenvalue weighted by molar-refractivity contribution is 5.74. The number of rotatable bonds is 6. The molecule has 0 radical (unpaired) electrons. The number of aryl methyl sites for hydroxylation is 1. The summed E-state index contributed by atoms with van der Waals surface area (Å²) in [7, 11) is 1.96. The van der Waals surface area contributed by atoms with E-state index in [2.05, 4.69) is 34.9 Å². The van der Waals surface area contributed by atoms with Gasteiger partial charge >= 0.3 is 6.03 Å². The van der Waals surface area contributed by atoms with Gasteiger partial charge in [0.05, 0.1) is 12.2 Å². The number of anilines is 1. The molecule has 2 atom stereocenters. The second kappa shape index (κ2) is 8.25. The van der Waals surface area contributed by atoms with Gasteiger partial charge in [-0.25, -0.2) is 4.79 Å². The quantitative estimate of drug-likeness (QED) is 0.745. The van der Waals surface area contributed by atoms with E-state index in [1.807, 2.05) is 48.3 Å². The molecule has 1 aromatic heterocycles. The molecule has 140 valence electrons. The third kappa shape index (κ3) is 4.36. The molecule has 3 rings (SSSR count). The summed E-state index contributed by atoms with van der Waals surface area (Å²) >= 11 is 0. The Hall–Kier alpha value is -2.50. The molecule has 0 fully saturated rings. The fraction of sp³-hybridized carbons (Fsp3) is 0.500. The minimum Gasteiger partial charge on any atom is -0.380 e. The van der Waals surface area contributed by atoms with E-state index in [0.29, 0.717) is 12.5 Å². The van der Waals surface area contributed by atoms with E-state index in [-0.39, 0.29) is 18.1 Å². The van der Waals surface area contributed by atoms with Crippen LogP contribution in [0.3, 0.4) is 0 Å². The number of amides is 2. The summed E-state index contributed by atoms with van der Waals surface area (Å²) in [5.41, 5.74) is 3.45. The maximum absolute atomic E-state index is 12.4. The lowest BCUT2D eigenvalue weighted by molar-refractivity contribution is 0.234. The highest BCUT2D eigenvalue weighted by atomic mass is 16.2. The number of benzene rings is 1. The molecule has 0 saturated heterocycles. The third-order valence-corrected chi connectivity index (χ3v) is 5.09. The van der Waals surface area contributed by atoms with E-state index in [1.165, 1.54) is 5.69 Å². The average Bonchev–Trinajstić information content (AvgIpc) is 3.01. The number of fused-ring (bicyclic) bond motifs is 1. The normalized spacial score (nSPS) is 17.5. The van der Waals surface area contributed by atoms with Crippen molar-refractivity contribution < 1.29 is 4.79 Å². The Morgan fingerprint density at radius 2 is 2.08 bits per heavy atom. The molecular weight excluding hydrogens is 326 g/mol. The Balaban J connectivity index is 1.54. The number of para-hydroxylation sites is 1. The number of urea groups is 1. The van der Waals surface area contributed by atoms with E-state index in [0.717, 1.165) is 30.5 Å². The van der Waals surface area contributed by atoms with Gasteiger partial charge in [-0.2, -0.15) is 5.10 Å². The zero-order chi connectivity index (χ0) is 18.5. The third-order valence-electron chi connectivity index (χ3n) is 5.09. The molecule has 1 aromatic carbocycles. The van der Waals surface area contributed by atoms with Crippen LogP contribution in [0.4, 0.5) is 10.5 Å². The van der Waals surface area contributed by atoms with Crippen LogP contribution in [0.1, 0.15) is 44.0 Å². The molecular formula is C20H29N5O. The summed E-state index contributed by atoms with van der Waals surface area (Å²) in [6.45, 7) is 4.89. The van der Waals surface area contributed by atoms with Gasteiger partial charge in [0.15, 0.2) is 0 Å². The number of carbonyl (C=O) groups is 1. The van der Waals surface area contributed by atoms with Crippen LogP contribution < -0.4 is 16.0 Å². The maximum atomic E-state index is 12.4. The minimum absolute atomic E-state index is 0.0482. The SMILES string of the molecule is CC(C)[C@@H](CNC(=O)N[C@H]1CCCc2c1cnn2C)Nc1ccccc1. The van der Waals surface area contributed by atoms with E-state index < -0.39 is 0 Å². The molecule has 6 nitrogen and oxygen atoms in total. The molecule has 2 aromatic rings. The van der Waals surface area contributed by atoms with E-state index in [1.54, 1.807) is 0 Å². The first-order valence-electron chi connectivity index (χ1n) is 9.41. The molecule has 1 aliphatic rings. The highest BCUT2D eigenvalue weighted by Crippen LogP contribution is 2.28. The van der Waals surface area contributed by atoms with Crippen molar-refractivity contribution in [2.24, 2.45) is 13.0 Å². The number of nitrogens with zero attached hydrogens (tertiary/aromatic N) is 2. The smallest absolute Gasteiger partial charge is 0.315 e. The van der Waals surface area contributed by atoms with Crippen molar-refractivity contribution in [1.29, 1.82) is 0 Å². The monoisotopic (exact) mass is 355 g/mol. The summed E-state index contributed by atoms with van der Waals surface area (Å²) in [5.74, 6) is 0.398. The summed E-state index contributed by atoms with van der Waals surface area (Å²) < 4.78 is 1.92. The first-order chi connectivity index (χ1) is 12.5. The van der Waals surface area contributed by atoms with Crippen LogP contribution in [0.25, 0.3) is 0 Å². The van der Waals surface area contributed by atoms with Crippen LogP contribution in [0, 0.1) is 5.92 Å². The summed E-state index contributed by atoms with van der Waals surface area (Å²) in [6, 6.07) is 10.2. The minimum atomic E-state index is -0.118. The van der Waals surface area contributed by atoms with Crippen molar-refractivity contribution in [2.75, 3.05) is 11.9 Å². The van der Waals surface area contributed by atoms with Gasteiger partial charge in [0.1, 0.15) is 0 Å². The van der Waals surface area contributed by atoms with Crippen LogP contribution in [0.15, 0.2) is 36.5 Å². The zero-order valence-electron chi connectivity index (χ0n) is 15.8. The fourth-order valence-electron chi connectivity index (χ4n) is 3.47. The predicted octanol–water partition coefficient (Wildman–Crippen LogP) is 3.23. The van der Waals surface area contributed by atoms with Gasteiger partial charge < -0.3 is 16.0 Å². The van der Waals surface area contributed by atoms with Gasteiger partial charge in [0.25, 0.3) is 0 Å². The van der Waals surface area contributed by atoms with Gasteiger partial charge in [-0.3, -0.25) is 4.68 Å².